The summed E-state index contributed by atoms with van der Waals surface area (Å²) in [6, 6.07) is 10.2. The zero-order chi connectivity index (χ0) is 20.8. The summed E-state index contributed by atoms with van der Waals surface area (Å²) in [5.41, 5.74) is 12.3. The second kappa shape index (κ2) is 6.95. The maximum Gasteiger partial charge on any atom is 0.243 e. The van der Waals surface area contributed by atoms with Crippen LogP contribution in [0.5, 0.6) is 0 Å². The average Bonchev–Trinajstić information content (AvgIpc) is 3.09. The van der Waals surface area contributed by atoms with Crippen molar-refractivity contribution in [1.29, 1.82) is 0 Å². The van der Waals surface area contributed by atoms with Crippen LogP contribution in [-0.2, 0) is 11.2 Å². The molecule has 4 aromatic rings. The molecule has 0 fully saturated rings. The van der Waals surface area contributed by atoms with Crippen molar-refractivity contribution in [3.63, 3.8) is 0 Å². The lowest BCUT2D eigenvalue weighted by atomic mass is 9.81. The van der Waals surface area contributed by atoms with Crippen LogP contribution in [0.2, 0.25) is 0 Å². The van der Waals surface area contributed by atoms with Crippen molar-refractivity contribution in [2.75, 3.05) is 5.73 Å². The highest BCUT2D eigenvalue weighted by molar-refractivity contribution is 5.94. The van der Waals surface area contributed by atoms with E-state index in [0.717, 1.165) is 39.7 Å². The Hall–Kier alpha value is -3.74. The number of nitrogens with two attached hydrogens (primary N) is 1. The Kier molecular flexibility index (Phi) is 4.24. The summed E-state index contributed by atoms with van der Waals surface area (Å²) >= 11 is 0. The van der Waals surface area contributed by atoms with Crippen molar-refractivity contribution in [2.24, 2.45) is 0 Å². The maximum atomic E-state index is 11.9. The lowest BCUT2D eigenvalue weighted by Gasteiger charge is -2.28. The van der Waals surface area contributed by atoms with Crippen molar-refractivity contribution in [2.45, 2.75) is 31.7 Å². The number of aromatic nitrogens is 4. The number of pyridine rings is 1. The number of nitrogen functional groups attached to an aromatic ring is 1. The van der Waals surface area contributed by atoms with E-state index in [1.807, 2.05) is 28.9 Å². The molecule has 1 aliphatic rings. The molecule has 5 rings (SSSR count). The lowest BCUT2D eigenvalue weighted by molar-refractivity contribution is -0.117. The Bertz CT molecular complexity index is 1310. The van der Waals surface area contributed by atoms with E-state index >= 15 is 0 Å². The summed E-state index contributed by atoms with van der Waals surface area (Å²) < 4.78 is 1.88. The van der Waals surface area contributed by atoms with Gasteiger partial charge in [-0.15, -0.1) is 0 Å². The van der Waals surface area contributed by atoms with E-state index < -0.39 is 0 Å². The van der Waals surface area contributed by atoms with Gasteiger partial charge in [-0.3, -0.25) is 9.78 Å². The number of carbonyl (C=O) groups is 1. The zero-order valence-corrected chi connectivity index (χ0v) is 16.7. The number of benzene rings is 1. The van der Waals surface area contributed by atoms with Crippen molar-refractivity contribution in [3.05, 3.63) is 66.8 Å². The van der Waals surface area contributed by atoms with Gasteiger partial charge in [0.25, 0.3) is 0 Å². The lowest BCUT2D eigenvalue weighted by Crippen LogP contribution is -2.39. The normalized spacial score (nSPS) is 18.3. The SMILES string of the molecule is C=CC(=O)N[C@H]1Cc2c(c(-c3cnc4ccccc4c3)c3c(N)ncnn23)[C@H](C)C1. The standard InChI is InChI=1S/C23H22N6O/c1-3-19(30)28-16-8-13(2)20-18(10-16)29-22(23(24)26-12-27-29)21(20)15-9-14-6-4-5-7-17(14)25-11-15/h3-7,9,11-13,16H,1,8,10H2,2H3,(H,28,30)(H2,24,26,27)/t13-,16-/m1/s1. The van der Waals surface area contributed by atoms with Crippen LogP contribution in [0.1, 0.15) is 30.5 Å². The van der Waals surface area contributed by atoms with Crippen LogP contribution < -0.4 is 11.1 Å². The first-order valence-electron chi connectivity index (χ1n) is 9.99. The molecule has 1 amide bonds. The number of hydrogen-bond donors (Lipinski definition) is 2. The average molecular weight is 398 g/mol. The molecule has 0 unspecified atom stereocenters. The number of fused-ring (bicyclic) bond motifs is 4. The van der Waals surface area contributed by atoms with E-state index in [-0.39, 0.29) is 17.9 Å². The zero-order valence-electron chi connectivity index (χ0n) is 16.7. The summed E-state index contributed by atoms with van der Waals surface area (Å²) in [5, 5.41) is 8.61. The Morgan fingerprint density at radius 1 is 1.33 bits per heavy atom. The van der Waals surface area contributed by atoms with Gasteiger partial charge >= 0.3 is 0 Å². The molecule has 1 aliphatic carbocycles. The van der Waals surface area contributed by atoms with Gasteiger partial charge in [-0.2, -0.15) is 5.10 Å². The van der Waals surface area contributed by atoms with Gasteiger partial charge in [0, 0.05) is 40.9 Å². The van der Waals surface area contributed by atoms with Crippen molar-refractivity contribution in [3.8, 4) is 11.1 Å². The third-order valence-corrected chi connectivity index (χ3v) is 5.87. The van der Waals surface area contributed by atoms with Crippen LogP contribution in [-0.4, -0.2) is 31.5 Å². The highest BCUT2D eigenvalue weighted by atomic mass is 16.1. The summed E-state index contributed by atoms with van der Waals surface area (Å²) in [5.74, 6) is 0.470. The summed E-state index contributed by atoms with van der Waals surface area (Å²) in [6.07, 6.45) is 6.16. The van der Waals surface area contributed by atoms with E-state index in [9.17, 15) is 4.79 Å². The first kappa shape index (κ1) is 18.3. The van der Waals surface area contributed by atoms with Gasteiger partial charge in [0.2, 0.25) is 5.91 Å². The second-order valence-electron chi connectivity index (χ2n) is 7.81. The molecule has 0 bridgehead atoms. The molecule has 2 atom stereocenters. The molecule has 7 heteroatoms. The number of anilines is 1. The van der Waals surface area contributed by atoms with Gasteiger partial charge in [0.1, 0.15) is 11.8 Å². The Morgan fingerprint density at radius 2 is 2.17 bits per heavy atom. The smallest absolute Gasteiger partial charge is 0.243 e. The first-order chi connectivity index (χ1) is 14.6. The molecule has 150 valence electrons. The molecule has 0 aliphatic heterocycles. The highest BCUT2D eigenvalue weighted by Gasteiger charge is 2.33. The number of para-hydroxylation sites is 1. The minimum Gasteiger partial charge on any atom is -0.382 e. The Morgan fingerprint density at radius 3 is 3.00 bits per heavy atom. The number of hydrogen-bond acceptors (Lipinski definition) is 5. The molecule has 0 spiro atoms. The van der Waals surface area contributed by atoms with E-state index in [2.05, 4.69) is 46.0 Å². The number of amides is 1. The fourth-order valence-electron chi connectivity index (χ4n) is 4.65. The number of nitrogens with one attached hydrogen (secondary N) is 1. The van der Waals surface area contributed by atoms with E-state index in [0.29, 0.717) is 12.2 Å². The topological polar surface area (TPSA) is 98.2 Å². The number of carbonyl (C=O) groups excluding carboxylic acids is 1. The minimum atomic E-state index is -0.162. The molecule has 3 heterocycles. The van der Waals surface area contributed by atoms with Crippen LogP contribution in [0.15, 0.2) is 55.5 Å². The molecule has 1 aromatic carbocycles. The molecule has 7 nitrogen and oxygen atoms in total. The second-order valence-corrected chi connectivity index (χ2v) is 7.81. The van der Waals surface area contributed by atoms with Crippen LogP contribution >= 0.6 is 0 Å². The van der Waals surface area contributed by atoms with Crippen molar-refractivity contribution < 1.29 is 4.79 Å². The van der Waals surface area contributed by atoms with Crippen molar-refractivity contribution >= 4 is 28.1 Å². The fourth-order valence-corrected chi connectivity index (χ4v) is 4.65. The molecule has 30 heavy (non-hydrogen) atoms. The van der Waals surface area contributed by atoms with Gasteiger partial charge in [-0.1, -0.05) is 31.7 Å². The fraction of sp³-hybridized carbons (Fsp3) is 0.217. The number of rotatable bonds is 3. The summed E-state index contributed by atoms with van der Waals surface area (Å²) in [6.45, 7) is 5.73. The largest absolute Gasteiger partial charge is 0.382 e. The number of nitrogens with zero attached hydrogens (tertiary/aromatic N) is 4. The molecular formula is C23H22N6O. The quantitative estimate of drug-likeness (QED) is 0.516. The van der Waals surface area contributed by atoms with Crippen LogP contribution in [0, 0.1) is 0 Å². The summed E-state index contributed by atoms with van der Waals surface area (Å²) in [4.78, 5) is 20.8. The minimum absolute atomic E-state index is 0.00914. The third-order valence-electron chi connectivity index (χ3n) is 5.87. The molecule has 3 N–H and O–H groups in total. The monoisotopic (exact) mass is 398 g/mol. The molecule has 0 radical (unpaired) electrons. The van der Waals surface area contributed by atoms with Gasteiger partial charge in [-0.05, 0) is 36.1 Å². The molecule has 0 saturated heterocycles. The third kappa shape index (κ3) is 2.82. The van der Waals surface area contributed by atoms with Gasteiger partial charge < -0.3 is 11.1 Å². The van der Waals surface area contributed by atoms with E-state index in [1.165, 1.54) is 18.0 Å². The van der Waals surface area contributed by atoms with Gasteiger partial charge in [-0.25, -0.2) is 9.50 Å². The first-order valence-corrected chi connectivity index (χ1v) is 9.99. The molecular weight excluding hydrogens is 376 g/mol. The molecule has 0 saturated carbocycles. The predicted molar refractivity (Wildman–Crippen MR) is 117 cm³/mol. The van der Waals surface area contributed by atoms with Crippen molar-refractivity contribution in [1.82, 2.24) is 24.9 Å². The Balaban J connectivity index is 1.74. The highest BCUT2D eigenvalue weighted by Crippen LogP contribution is 2.44. The van der Waals surface area contributed by atoms with Crippen LogP contribution in [0.25, 0.3) is 27.5 Å². The predicted octanol–water partition coefficient (Wildman–Crippen LogP) is 3.25. The maximum absolute atomic E-state index is 11.9. The van der Waals surface area contributed by atoms with E-state index in [4.69, 9.17) is 5.73 Å². The molecule has 3 aromatic heterocycles. The Labute approximate surface area is 173 Å². The van der Waals surface area contributed by atoms with Gasteiger partial charge in [0.05, 0.1) is 5.52 Å². The van der Waals surface area contributed by atoms with Gasteiger partial charge in [0.15, 0.2) is 5.82 Å². The van der Waals surface area contributed by atoms with Crippen LogP contribution in [0.3, 0.4) is 0 Å². The van der Waals surface area contributed by atoms with E-state index in [1.54, 1.807) is 0 Å². The summed E-state index contributed by atoms with van der Waals surface area (Å²) in [7, 11) is 0. The van der Waals surface area contributed by atoms with Crippen LogP contribution in [0.4, 0.5) is 5.82 Å².